The first-order chi connectivity index (χ1) is 13.8. The van der Waals surface area contributed by atoms with Crippen molar-refractivity contribution < 1.29 is 4.21 Å². The van der Waals surface area contributed by atoms with Crippen LogP contribution < -0.4 is 9.96 Å². The van der Waals surface area contributed by atoms with Gasteiger partial charge in [0.15, 0.2) is 6.17 Å². The Kier molecular flexibility index (Phi) is 8.22. The maximum Gasteiger partial charge on any atom is 0.310 e. The van der Waals surface area contributed by atoms with Crippen molar-refractivity contribution in [3.05, 3.63) is 32.4 Å². The fourth-order valence-electron chi connectivity index (χ4n) is 3.26. The Morgan fingerprint density at radius 1 is 1.31 bits per heavy atom. The summed E-state index contributed by atoms with van der Waals surface area (Å²) in [6, 6.07) is 5.79. The normalized spacial score (nSPS) is 23.4. The van der Waals surface area contributed by atoms with Gasteiger partial charge < -0.3 is 10.5 Å². The van der Waals surface area contributed by atoms with Gasteiger partial charge in [0.05, 0.1) is 17.3 Å². The second-order valence-corrected chi connectivity index (χ2v) is 11.6. The van der Waals surface area contributed by atoms with E-state index in [0.29, 0.717) is 21.8 Å². The van der Waals surface area contributed by atoms with Crippen LogP contribution in [0.1, 0.15) is 32.6 Å². The molecule has 3 unspecified atom stereocenters. The van der Waals surface area contributed by atoms with Crippen molar-refractivity contribution in [2.75, 3.05) is 31.3 Å². The molecule has 0 spiro atoms. The molecular formula is C18H25Br2N5O2S2. The molecule has 0 amide bonds. The van der Waals surface area contributed by atoms with Gasteiger partial charge in [-0.15, -0.1) is 5.10 Å². The van der Waals surface area contributed by atoms with Gasteiger partial charge in [-0.25, -0.2) is 0 Å². The minimum Gasteiger partial charge on any atom is -0.623 e. The van der Waals surface area contributed by atoms with Gasteiger partial charge in [0.25, 0.3) is 0 Å². The summed E-state index contributed by atoms with van der Waals surface area (Å²) in [5, 5.41) is 25.7. The number of rotatable bonds is 9. The van der Waals surface area contributed by atoms with E-state index >= 15 is 0 Å². The molecule has 1 aliphatic rings. The maximum absolute atomic E-state index is 13.8. The van der Waals surface area contributed by atoms with Gasteiger partial charge in [-0.05, 0) is 74.9 Å². The second kappa shape index (κ2) is 10.3. The number of benzene rings is 1. The summed E-state index contributed by atoms with van der Waals surface area (Å²) in [7, 11) is 0.717. The SMILES string of the molecule is CCCCCCS(=O)c1nnc([N+]2([O-])CN(C)CC2Nc2ccc(Br)c(Br)c2)s1. The number of halogens is 2. The summed E-state index contributed by atoms with van der Waals surface area (Å²) >= 11 is 8.13. The summed E-state index contributed by atoms with van der Waals surface area (Å²) in [6.45, 7) is 3.00. The molecule has 11 heteroatoms. The van der Waals surface area contributed by atoms with Gasteiger partial charge in [0, 0.05) is 20.4 Å². The lowest BCUT2D eigenvalue weighted by Crippen LogP contribution is -2.52. The maximum atomic E-state index is 13.8. The lowest BCUT2D eigenvalue weighted by atomic mass is 10.2. The van der Waals surface area contributed by atoms with Crippen molar-refractivity contribution in [1.29, 1.82) is 0 Å². The van der Waals surface area contributed by atoms with Crippen molar-refractivity contribution >= 4 is 64.8 Å². The van der Waals surface area contributed by atoms with E-state index in [0.717, 1.165) is 40.3 Å². The molecule has 0 radical (unpaired) electrons. The first kappa shape index (κ1) is 23.2. The van der Waals surface area contributed by atoms with E-state index in [1.54, 1.807) is 0 Å². The highest BCUT2D eigenvalue weighted by molar-refractivity contribution is 9.13. The molecule has 160 valence electrons. The Morgan fingerprint density at radius 2 is 2.10 bits per heavy atom. The van der Waals surface area contributed by atoms with Gasteiger partial charge in [-0.2, -0.15) is 0 Å². The highest BCUT2D eigenvalue weighted by Gasteiger charge is 2.43. The Morgan fingerprint density at radius 3 is 2.83 bits per heavy atom. The largest absolute Gasteiger partial charge is 0.623 e. The molecular weight excluding hydrogens is 542 g/mol. The molecule has 1 saturated heterocycles. The van der Waals surface area contributed by atoms with Gasteiger partial charge in [-0.3, -0.25) is 13.8 Å². The van der Waals surface area contributed by atoms with Gasteiger partial charge in [-0.1, -0.05) is 31.3 Å². The topological polar surface area (TPSA) is 81.2 Å². The smallest absolute Gasteiger partial charge is 0.310 e. The second-order valence-electron chi connectivity index (χ2n) is 7.23. The Bertz CT molecular complexity index is 869. The lowest BCUT2D eigenvalue weighted by molar-refractivity contribution is 0.322. The number of hydroxylamine groups is 2. The number of quaternary nitrogens is 1. The molecule has 7 nitrogen and oxygen atoms in total. The minimum absolute atomic E-state index is 0.271. The summed E-state index contributed by atoms with van der Waals surface area (Å²) in [5.74, 6) is 0.571. The molecule has 3 atom stereocenters. The zero-order chi connectivity index (χ0) is 21.0. The van der Waals surface area contributed by atoms with Crippen LogP contribution in [0.3, 0.4) is 0 Å². The van der Waals surface area contributed by atoms with E-state index in [1.165, 1.54) is 11.3 Å². The van der Waals surface area contributed by atoms with E-state index in [2.05, 4.69) is 54.3 Å². The first-order valence-electron chi connectivity index (χ1n) is 9.55. The van der Waals surface area contributed by atoms with Crippen molar-refractivity contribution in [2.24, 2.45) is 0 Å². The number of anilines is 1. The predicted octanol–water partition coefficient (Wildman–Crippen LogP) is 4.90. The fourth-order valence-corrected chi connectivity index (χ4v) is 6.16. The zero-order valence-corrected chi connectivity index (χ0v) is 21.2. The number of unbranched alkanes of at least 4 members (excludes halogenated alkanes) is 3. The predicted molar refractivity (Wildman–Crippen MR) is 127 cm³/mol. The summed E-state index contributed by atoms with van der Waals surface area (Å²) in [6.07, 6.45) is 3.83. The Hall–Kier alpha value is -0.430. The monoisotopic (exact) mass is 565 g/mol. The van der Waals surface area contributed by atoms with Gasteiger partial charge in [0.1, 0.15) is 6.67 Å². The van der Waals surface area contributed by atoms with E-state index in [1.807, 2.05) is 30.1 Å². The minimum atomic E-state index is -1.20. The number of hydrogen-bond donors (Lipinski definition) is 1. The number of aromatic nitrogens is 2. The van der Waals surface area contributed by atoms with Crippen LogP contribution in [-0.4, -0.2) is 51.5 Å². The van der Waals surface area contributed by atoms with Crippen LogP contribution in [0, 0.1) is 5.21 Å². The summed E-state index contributed by atoms with van der Waals surface area (Å²) < 4.78 is 14.2. The van der Waals surface area contributed by atoms with Gasteiger partial charge >= 0.3 is 5.13 Å². The number of nitrogens with one attached hydrogen (secondary N) is 1. The summed E-state index contributed by atoms with van der Waals surface area (Å²) in [4.78, 5) is 1.97. The quantitative estimate of drug-likeness (QED) is 0.264. The third-order valence-electron chi connectivity index (χ3n) is 4.79. The van der Waals surface area contributed by atoms with E-state index in [4.69, 9.17) is 0 Å². The summed E-state index contributed by atoms with van der Waals surface area (Å²) in [5.41, 5.74) is 0.850. The molecule has 29 heavy (non-hydrogen) atoms. The van der Waals surface area contributed by atoms with Crippen molar-refractivity contribution in [2.45, 2.75) is 43.1 Å². The van der Waals surface area contributed by atoms with Crippen LogP contribution >= 0.6 is 43.2 Å². The third-order valence-corrected chi connectivity index (χ3v) is 9.44. The van der Waals surface area contributed by atoms with E-state index < -0.39 is 21.6 Å². The van der Waals surface area contributed by atoms with Crippen molar-refractivity contribution in [3.8, 4) is 0 Å². The first-order valence-corrected chi connectivity index (χ1v) is 13.3. The van der Waals surface area contributed by atoms with E-state index in [9.17, 15) is 9.42 Å². The molecule has 0 aliphatic carbocycles. The third kappa shape index (κ3) is 5.63. The van der Waals surface area contributed by atoms with Crippen LogP contribution in [-0.2, 0) is 10.8 Å². The van der Waals surface area contributed by atoms with Crippen molar-refractivity contribution in [3.63, 3.8) is 0 Å². The average Bonchev–Trinajstić information content (AvgIpc) is 3.28. The molecule has 3 rings (SSSR count). The van der Waals surface area contributed by atoms with Gasteiger partial charge in [0.2, 0.25) is 4.34 Å². The number of likely N-dealkylation sites (N-methyl/N-ethyl adjacent to an activating group) is 1. The molecule has 1 aromatic heterocycles. The number of nitrogens with zero attached hydrogens (tertiary/aromatic N) is 4. The van der Waals surface area contributed by atoms with Crippen molar-refractivity contribution in [1.82, 2.24) is 19.7 Å². The highest BCUT2D eigenvalue weighted by Crippen LogP contribution is 2.35. The van der Waals surface area contributed by atoms with E-state index in [-0.39, 0.29) is 6.67 Å². The zero-order valence-electron chi connectivity index (χ0n) is 16.4. The highest BCUT2D eigenvalue weighted by atomic mass is 79.9. The molecule has 1 aromatic carbocycles. The Balaban J connectivity index is 1.74. The van der Waals surface area contributed by atoms with Crippen LogP contribution in [0.4, 0.5) is 10.8 Å². The standard InChI is InChI=1S/C18H25Br2N5O2S2/c1-3-4-5-6-9-29(27)18-23-22-17(28-18)25(26)12-24(2)11-16(25)21-13-7-8-14(19)15(20)10-13/h7-8,10,16,21H,3-6,9,11-12H2,1-2H3. The van der Waals surface area contributed by atoms with Crippen LogP contribution in [0.5, 0.6) is 0 Å². The average molecular weight is 567 g/mol. The van der Waals surface area contributed by atoms with Crippen LogP contribution in [0.2, 0.25) is 0 Å². The number of hydrogen-bond acceptors (Lipinski definition) is 7. The van der Waals surface area contributed by atoms with Crippen LogP contribution in [0.25, 0.3) is 0 Å². The molecule has 0 bridgehead atoms. The molecule has 0 saturated carbocycles. The Labute approximate surface area is 194 Å². The molecule has 1 fully saturated rings. The molecule has 1 N–H and O–H groups in total. The molecule has 2 aromatic rings. The molecule has 1 aliphatic heterocycles. The van der Waals surface area contributed by atoms with Crippen LogP contribution in [0.15, 0.2) is 31.5 Å². The lowest BCUT2D eigenvalue weighted by Gasteiger charge is -2.39. The molecule has 2 heterocycles. The fraction of sp³-hybridized carbons (Fsp3) is 0.556.